The quantitative estimate of drug-likeness (QED) is 0.494. The van der Waals surface area contributed by atoms with Crippen LogP contribution in [-0.2, 0) is 0 Å². The van der Waals surface area contributed by atoms with Gasteiger partial charge >= 0.3 is 0 Å². The fourth-order valence-electron chi connectivity index (χ4n) is 0. The molecular weight excluding hydrogens is 172 g/mol. The normalized spacial score (nSPS) is 8.77. The van der Waals surface area contributed by atoms with Crippen LogP contribution in [0.4, 0.5) is 0 Å². The van der Waals surface area contributed by atoms with Crippen LogP contribution in [0.25, 0.3) is 0 Å². The summed E-state index contributed by atoms with van der Waals surface area (Å²) in [6.07, 6.45) is 0. The van der Waals surface area contributed by atoms with Crippen molar-refractivity contribution in [3.05, 3.63) is 0 Å². The molecule has 5 heteroatoms. The van der Waals surface area contributed by atoms with Crippen LogP contribution in [0.3, 0.4) is 0 Å². The molecule has 0 spiro atoms. The lowest BCUT2D eigenvalue weighted by atomic mass is 10.9. The molecule has 3 N–H and O–H groups in total. The minimum Gasteiger partial charge on any atom is -0.397 e. The van der Waals surface area contributed by atoms with Crippen molar-refractivity contribution in [1.29, 1.82) is 0 Å². The van der Waals surface area contributed by atoms with Gasteiger partial charge in [-0.1, -0.05) is 0 Å². The van der Waals surface area contributed by atoms with Crippen LogP contribution < -0.4 is 0 Å². The van der Waals surface area contributed by atoms with E-state index in [0.29, 0.717) is 0 Å². The Morgan fingerprint density at radius 2 is 0.846 bits per heavy atom. The van der Waals surface area contributed by atoms with E-state index in [1.165, 1.54) is 0 Å². The molecule has 0 radical (unpaired) electrons. The molecule has 0 aliphatic carbocycles. The molecule has 0 aliphatic heterocycles. The zero-order valence-corrected chi connectivity index (χ0v) is 9.36. The highest BCUT2D eigenvalue weighted by molar-refractivity contribution is 4.17. The predicted molar refractivity (Wildman–Crippen MR) is 54.3 cm³/mol. The molecule has 0 saturated carbocycles. The maximum absolute atomic E-state index is 8.07. The van der Waals surface area contributed by atoms with Crippen LogP contribution in [0.15, 0.2) is 0 Å². The molecule has 0 unspecified atom stereocenters. The number of aliphatic hydroxyl groups excluding tert-OH is 3. The second-order valence-corrected chi connectivity index (χ2v) is 2.76. The third kappa shape index (κ3) is 78.5. The van der Waals surface area contributed by atoms with Crippen molar-refractivity contribution >= 4 is 0 Å². The Morgan fingerprint density at radius 3 is 0.846 bits per heavy atom. The largest absolute Gasteiger partial charge is 0.397 e. The third-order valence-electron chi connectivity index (χ3n) is 0.566. The summed E-state index contributed by atoms with van der Waals surface area (Å²) in [5, 5.41) is 23.7. The first-order valence-electron chi connectivity index (χ1n) is 4.08. The predicted octanol–water partition coefficient (Wildman–Crippen LogP) is -1.01. The van der Waals surface area contributed by atoms with E-state index >= 15 is 0 Å². The van der Waals surface area contributed by atoms with E-state index in [-0.39, 0.29) is 20.1 Å². The Morgan fingerprint density at radius 1 is 0.769 bits per heavy atom. The van der Waals surface area contributed by atoms with Gasteiger partial charge < -0.3 is 15.3 Å². The Hall–Kier alpha value is -0.200. The van der Waals surface area contributed by atoms with Crippen LogP contribution in [0, 0.1) is 0 Å². The number of nitrogens with zero attached hydrogens (tertiary/aromatic N) is 2. The molecule has 5 nitrogen and oxygen atoms in total. The molecule has 0 bridgehead atoms. The fourth-order valence-corrected chi connectivity index (χ4v) is 0. The first-order chi connectivity index (χ1) is 5.95. The van der Waals surface area contributed by atoms with E-state index in [9.17, 15) is 0 Å². The van der Waals surface area contributed by atoms with Crippen molar-refractivity contribution in [2.24, 2.45) is 0 Å². The lowest BCUT2D eigenvalue weighted by Crippen LogP contribution is -2.11. The number of hydrogen-bond donors (Lipinski definition) is 3. The summed E-state index contributed by atoms with van der Waals surface area (Å²) in [5.74, 6) is 0. The SMILES string of the molecule is CCO.CN(C)CO.CN(C)CO. The maximum Gasteiger partial charge on any atom is 0.0951 e. The summed E-state index contributed by atoms with van der Waals surface area (Å²) >= 11 is 0. The zero-order valence-electron chi connectivity index (χ0n) is 9.36. The van der Waals surface area contributed by atoms with Crippen molar-refractivity contribution < 1.29 is 15.3 Å². The molecule has 0 amide bonds. The smallest absolute Gasteiger partial charge is 0.0951 e. The molecule has 13 heavy (non-hydrogen) atoms. The number of aliphatic hydroxyl groups is 3. The van der Waals surface area contributed by atoms with Crippen LogP contribution in [-0.4, -0.2) is 73.4 Å². The van der Waals surface area contributed by atoms with Gasteiger partial charge in [0.25, 0.3) is 0 Å². The second kappa shape index (κ2) is 17.8. The van der Waals surface area contributed by atoms with Crippen molar-refractivity contribution in [3.63, 3.8) is 0 Å². The topological polar surface area (TPSA) is 67.2 Å². The summed E-state index contributed by atoms with van der Waals surface area (Å²) in [5.41, 5.74) is 0. The van der Waals surface area contributed by atoms with Gasteiger partial charge in [0.15, 0.2) is 0 Å². The van der Waals surface area contributed by atoms with E-state index in [0.717, 1.165) is 0 Å². The maximum atomic E-state index is 8.07. The molecule has 0 aromatic carbocycles. The van der Waals surface area contributed by atoms with Crippen LogP contribution in [0.2, 0.25) is 0 Å². The van der Waals surface area contributed by atoms with Crippen molar-refractivity contribution in [3.8, 4) is 0 Å². The summed E-state index contributed by atoms with van der Waals surface area (Å²) < 4.78 is 0. The minimum atomic E-state index is 0.139. The van der Waals surface area contributed by atoms with Gasteiger partial charge in [0.2, 0.25) is 0 Å². The van der Waals surface area contributed by atoms with Crippen LogP contribution in [0.1, 0.15) is 6.92 Å². The summed E-state index contributed by atoms with van der Waals surface area (Å²) in [4.78, 5) is 3.36. The average Bonchev–Trinajstić information content (AvgIpc) is 2.07. The molecule has 0 aliphatic rings. The van der Waals surface area contributed by atoms with Crippen LogP contribution >= 0.6 is 0 Å². The Bertz CT molecular complexity index is 62.4. The van der Waals surface area contributed by atoms with Gasteiger partial charge in [-0.05, 0) is 35.1 Å². The van der Waals surface area contributed by atoms with E-state index < -0.39 is 0 Å². The third-order valence-corrected chi connectivity index (χ3v) is 0.566. The lowest BCUT2D eigenvalue weighted by Gasteiger charge is -1.99. The standard InChI is InChI=1S/2C3H9NO.C2H6O/c2*1-4(2)3-5;1-2-3/h2*5H,3H2,1-2H3;3H,2H2,1H3. The molecule has 0 aromatic rings. The minimum absolute atomic E-state index is 0.139. The van der Waals surface area contributed by atoms with Crippen molar-refractivity contribution in [2.45, 2.75) is 6.92 Å². The summed E-state index contributed by atoms with van der Waals surface area (Å²) in [6, 6.07) is 0. The van der Waals surface area contributed by atoms with E-state index in [1.54, 1.807) is 44.9 Å². The molecule has 0 heterocycles. The van der Waals surface area contributed by atoms with Gasteiger partial charge in [0.1, 0.15) is 0 Å². The van der Waals surface area contributed by atoms with Gasteiger partial charge in [-0.25, -0.2) is 0 Å². The lowest BCUT2D eigenvalue weighted by molar-refractivity contribution is 0.157. The van der Waals surface area contributed by atoms with Gasteiger partial charge in [-0.3, -0.25) is 9.80 Å². The molecular formula is C8H24N2O3. The monoisotopic (exact) mass is 196 g/mol. The van der Waals surface area contributed by atoms with Crippen molar-refractivity contribution in [2.75, 3.05) is 48.3 Å². The Kier molecular flexibility index (Phi) is 25.4. The first-order valence-corrected chi connectivity index (χ1v) is 4.08. The molecule has 0 atom stereocenters. The van der Waals surface area contributed by atoms with Gasteiger partial charge in [0.05, 0.1) is 13.5 Å². The van der Waals surface area contributed by atoms with Gasteiger partial charge in [-0.2, -0.15) is 0 Å². The average molecular weight is 196 g/mol. The highest BCUT2D eigenvalue weighted by atomic mass is 16.3. The Labute approximate surface area is 81.2 Å². The molecule has 0 rings (SSSR count). The molecule has 84 valence electrons. The Balaban J connectivity index is -0.000000120. The molecule has 0 saturated heterocycles. The summed E-state index contributed by atoms with van der Waals surface area (Å²) in [7, 11) is 7.22. The zero-order chi connectivity index (χ0) is 11.3. The fraction of sp³-hybridized carbons (Fsp3) is 1.00. The highest BCUT2D eigenvalue weighted by Gasteiger charge is 1.73. The molecule has 0 fully saturated rings. The van der Waals surface area contributed by atoms with E-state index in [4.69, 9.17) is 15.3 Å². The highest BCUT2D eigenvalue weighted by Crippen LogP contribution is 1.60. The van der Waals surface area contributed by atoms with Crippen LogP contribution in [0.5, 0.6) is 0 Å². The number of hydrogen-bond acceptors (Lipinski definition) is 5. The van der Waals surface area contributed by atoms with E-state index in [2.05, 4.69) is 0 Å². The first kappa shape index (κ1) is 18.6. The second-order valence-electron chi connectivity index (χ2n) is 2.76. The van der Waals surface area contributed by atoms with Crippen molar-refractivity contribution in [1.82, 2.24) is 9.80 Å². The summed E-state index contributed by atoms with van der Waals surface area (Å²) in [6.45, 7) is 2.21. The van der Waals surface area contributed by atoms with Gasteiger partial charge in [0, 0.05) is 6.61 Å². The van der Waals surface area contributed by atoms with E-state index in [1.807, 2.05) is 0 Å². The molecule has 0 aromatic heterocycles. The van der Waals surface area contributed by atoms with Gasteiger partial charge in [-0.15, -0.1) is 0 Å². The number of rotatable bonds is 2.